The lowest BCUT2D eigenvalue weighted by atomic mass is 9.98. The predicted molar refractivity (Wildman–Crippen MR) is 79.7 cm³/mol. The first-order chi connectivity index (χ1) is 9.06. The molecule has 0 heterocycles. The summed E-state index contributed by atoms with van der Waals surface area (Å²) in [6.07, 6.45) is 1.40. The Balaban J connectivity index is 2.04. The largest absolute Gasteiger partial charge is 0.294 e. The van der Waals surface area contributed by atoms with E-state index in [1.165, 1.54) is 16.7 Å². The van der Waals surface area contributed by atoms with Crippen LogP contribution in [0.25, 0.3) is 0 Å². The molecule has 2 aromatic rings. The number of hydrogen-bond acceptors (Lipinski definition) is 1. The molecule has 0 fully saturated rings. The van der Waals surface area contributed by atoms with Gasteiger partial charge in [0.05, 0.1) is 0 Å². The van der Waals surface area contributed by atoms with E-state index in [1.807, 2.05) is 31.2 Å². The van der Waals surface area contributed by atoms with Crippen LogP contribution in [-0.2, 0) is 6.42 Å². The number of benzene rings is 2. The Morgan fingerprint density at radius 1 is 0.947 bits per heavy atom. The van der Waals surface area contributed by atoms with Gasteiger partial charge < -0.3 is 0 Å². The van der Waals surface area contributed by atoms with Crippen LogP contribution in [-0.4, -0.2) is 5.78 Å². The summed E-state index contributed by atoms with van der Waals surface area (Å²) in [5.41, 5.74) is 5.78. The number of aryl methyl sites for hydroxylation is 4. The standard InChI is InChI=1S/C18H20O/c1-13-5-4-6-17(12-13)18(19)10-9-16-8-7-14(2)11-15(16)3/h4-8,11-12H,9-10H2,1-3H3. The Hall–Kier alpha value is -1.89. The highest BCUT2D eigenvalue weighted by Gasteiger charge is 2.07. The molecule has 0 atom stereocenters. The van der Waals surface area contributed by atoms with Crippen molar-refractivity contribution in [3.8, 4) is 0 Å². The highest BCUT2D eigenvalue weighted by atomic mass is 16.1. The van der Waals surface area contributed by atoms with Crippen molar-refractivity contribution in [3.63, 3.8) is 0 Å². The summed E-state index contributed by atoms with van der Waals surface area (Å²) >= 11 is 0. The predicted octanol–water partition coefficient (Wildman–Crippen LogP) is 4.43. The molecule has 2 aromatic carbocycles. The van der Waals surface area contributed by atoms with Gasteiger partial charge in [0.1, 0.15) is 0 Å². The van der Waals surface area contributed by atoms with Crippen LogP contribution >= 0.6 is 0 Å². The van der Waals surface area contributed by atoms with Crippen LogP contribution in [0.1, 0.15) is 39.0 Å². The monoisotopic (exact) mass is 252 g/mol. The highest BCUT2D eigenvalue weighted by Crippen LogP contribution is 2.14. The molecule has 19 heavy (non-hydrogen) atoms. The Kier molecular flexibility index (Phi) is 4.16. The second-order valence-electron chi connectivity index (χ2n) is 5.22. The molecule has 0 aromatic heterocycles. The molecule has 1 nitrogen and oxygen atoms in total. The number of Topliss-reactive ketones (excluding diaryl/α,β-unsaturated/α-hetero) is 1. The molecular formula is C18H20O. The molecule has 0 aliphatic heterocycles. The van der Waals surface area contributed by atoms with Crippen LogP contribution in [0.2, 0.25) is 0 Å². The lowest BCUT2D eigenvalue weighted by molar-refractivity contribution is 0.0982. The second kappa shape index (κ2) is 5.83. The van der Waals surface area contributed by atoms with Gasteiger partial charge in [0.2, 0.25) is 0 Å². The van der Waals surface area contributed by atoms with Crippen LogP contribution in [0.5, 0.6) is 0 Å². The first-order valence-corrected chi connectivity index (χ1v) is 6.72. The Morgan fingerprint density at radius 2 is 1.68 bits per heavy atom. The van der Waals surface area contributed by atoms with E-state index in [2.05, 4.69) is 32.0 Å². The summed E-state index contributed by atoms with van der Waals surface area (Å²) in [5.74, 6) is 0.226. The van der Waals surface area contributed by atoms with Crippen molar-refractivity contribution < 1.29 is 4.79 Å². The van der Waals surface area contributed by atoms with E-state index < -0.39 is 0 Å². The fraction of sp³-hybridized carbons (Fsp3) is 0.278. The van der Waals surface area contributed by atoms with Crippen LogP contribution < -0.4 is 0 Å². The maximum atomic E-state index is 12.1. The SMILES string of the molecule is Cc1cccc(C(=O)CCc2ccc(C)cc2C)c1. The molecule has 0 aliphatic rings. The van der Waals surface area contributed by atoms with E-state index >= 15 is 0 Å². The summed E-state index contributed by atoms with van der Waals surface area (Å²) in [6.45, 7) is 6.22. The van der Waals surface area contributed by atoms with Crippen molar-refractivity contribution >= 4 is 5.78 Å². The molecule has 2 rings (SSSR count). The van der Waals surface area contributed by atoms with Gasteiger partial charge in [0.15, 0.2) is 5.78 Å². The Morgan fingerprint density at radius 3 is 2.37 bits per heavy atom. The Labute approximate surface area is 115 Å². The number of rotatable bonds is 4. The quantitative estimate of drug-likeness (QED) is 0.736. The fourth-order valence-corrected chi connectivity index (χ4v) is 2.34. The smallest absolute Gasteiger partial charge is 0.163 e. The van der Waals surface area contributed by atoms with Crippen molar-refractivity contribution in [3.05, 3.63) is 70.3 Å². The van der Waals surface area contributed by atoms with E-state index in [1.54, 1.807) is 0 Å². The third kappa shape index (κ3) is 3.54. The zero-order chi connectivity index (χ0) is 13.8. The lowest BCUT2D eigenvalue weighted by Gasteiger charge is -2.07. The van der Waals surface area contributed by atoms with Gasteiger partial charge in [-0.05, 0) is 44.4 Å². The van der Waals surface area contributed by atoms with Gasteiger partial charge in [-0.1, -0.05) is 47.5 Å². The first kappa shape index (κ1) is 13.5. The molecule has 0 spiro atoms. The van der Waals surface area contributed by atoms with E-state index in [-0.39, 0.29) is 5.78 Å². The summed E-state index contributed by atoms with van der Waals surface area (Å²) in [5, 5.41) is 0. The van der Waals surface area contributed by atoms with Crippen molar-refractivity contribution in [2.75, 3.05) is 0 Å². The summed E-state index contributed by atoms with van der Waals surface area (Å²) in [7, 11) is 0. The minimum Gasteiger partial charge on any atom is -0.294 e. The number of hydrogen-bond donors (Lipinski definition) is 0. The summed E-state index contributed by atoms with van der Waals surface area (Å²) < 4.78 is 0. The minimum absolute atomic E-state index is 0.226. The third-order valence-corrected chi connectivity index (χ3v) is 3.46. The first-order valence-electron chi connectivity index (χ1n) is 6.72. The summed E-state index contributed by atoms with van der Waals surface area (Å²) in [6, 6.07) is 14.2. The van der Waals surface area contributed by atoms with Crippen molar-refractivity contribution in [2.45, 2.75) is 33.6 Å². The lowest BCUT2D eigenvalue weighted by Crippen LogP contribution is -2.02. The normalized spacial score (nSPS) is 10.5. The van der Waals surface area contributed by atoms with E-state index in [0.717, 1.165) is 17.5 Å². The maximum absolute atomic E-state index is 12.1. The average molecular weight is 252 g/mol. The zero-order valence-electron chi connectivity index (χ0n) is 11.9. The Bertz CT molecular complexity index is 596. The van der Waals surface area contributed by atoms with E-state index in [4.69, 9.17) is 0 Å². The fourth-order valence-electron chi connectivity index (χ4n) is 2.34. The molecule has 0 radical (unpaired) electrons. The van der Waals surface area contributed by atoms with Gasteiger partial charge in [-0.3, -0.25) is 4.79 Å². The zero-order valence-corrected chi connectivity index (χ0v) is 11.9. The second-order valence-corrected chi connectivity index (χ2v) is 5.22. The molecule has 1 heteroatoms. The van der Waals surface area contributed by atoms with Crippen LogP contribution in [0.3, 0.4) is 0 Å². The van der Waals surface area contributed by atoms with Crippen LogP contribution in [0.15, 0.2) is 42.5 Å². The van der Waals surface area contributed by atoms with E-state index in [9.17, 15) is 4.79 Å². The van der Waals surface area contributed by atoms with E-state index in [0.29, 0.717) is 6.42 Å². The molecule has 0 saturated heterocycles. The molecule has 0 N–H and O–H groups in total. The molecule has 0 unspecified atom stereocenters. The average Bonchev–Trinajstić information content (AvgIpc) is 2.37. The third-order valence-electron chi connectivity index (χ3n) is 3.46. The molecule has 0 amide bonds. The number of carbonyl (C=O) groups is 1. The summed E-state index contributed by atoms with van der Waals surface area (Å²) in [4.78, 5) is 12.1. The molecule has 98 valence electrons. The van der Waals surface area contributed by atoms with Gasteiger partial charge in [0, 0.05) is 12.0 Å². The minimum atomic E-state index is 0.226. The highest BCUT2D eigenvalue weighted by molar-refractivity contribution is 5.96. The van der Waals surface area contributed by atoms with Crippen LogP contribution in [0.4, 0.5) is 0 Å². The van der Waals surface area contributed by atoms with Gasteiger partial charge in [0.25, 0.3) is 0 Å². The molecule has 0 bridgehead atoms. The van der Waals surface area contributed by atoms with Gasteiger partial charge in [-0.15, -0.1) is 0 Å². The molecule has 0 aliphatic carbocycles. The number of ketones is 1. The maximum Gasteiger partial charge on any atom is 0.163 e. The molecular weight excluding hydrogens is 232 g/mol. The van der Waals surface area contributed by atoms with Crippen molar-refractivity contribution in [1.29, 1.82) is 0 Å². The molecule has 0 saturated carbocycles. The van der Waals surface area contributed by atoms with Gasteiger partial charge in [-0.2, -0.15) is 0 Å². The topological polar surface area (TPSA) is 17.1 Å². The van der Waals surface area contributed by atoms with Gasteiger partial charge in [-0.25, -0.2) is 0 Å². The van der Waals surface area contributed by atoms with Crippen molar-refractivity contribution in [1.82, 2.24) is 0 Å². The van der Waals surface area contributed by atoms with Crippen LogP contribution in [0, 0.1) is 20.8 Å². The van der Waals surface area contributed by atoms with Gasteiger partial charge >= 0.3 is 0 Å². The van der Waals surface area contributed by atoms with Crippen molar-refractivity contribution in [2.24, 2.45) is 0 Å². The number of carbonyl (C=O) groups excluding carboxylic acids is 1.